The maximum absolute atomic E-state index is 5.72. The smallest absolute Gasteiger partial charge is 0.211 e. The quantitative estimate of drug-likeness (QED) is 0.165. The van der Waals surface area contributed by atoms with Gasteiger partial charge < -0.3 is 32.4 Å². The number of halogens is 2. The lowest BCUT2D eigenvalue weighted by atomic mass is 10.2. The van der Waals surface area contributed by atoms with E-state index in [1.165, 1.54) is 0 Å². The first-order chi connectivity index (χ1) is 14.5. The van der Waals surface area contributed by atoms with Gasteiger partial charge in [0, 0.05) is 0 Å². The fourth-order valence-corrected chi connectivity index (χ4v) is 2.21. The van der Waals surface area contributed by atoms with Crippen molar-refractivity contribution >= 4 is 49.2 Å². The molecule has 0 saturated carbocycles. The zero-order chi connectivity index (χ0) is 21.6. The van der Waals surface area contributed by atoms with Crippen LogP contribution in [0.3, 0.4) is 0 Å². The molecule has 0 amide bonds. The lowest BCUT2D eigenvalue weighted by Crippen LogP contribution is -2.21. The Balaban J connectivity index is 0.00000480. The Kier molecular flexibility index (Phi) is 14.5. The summed E-state index contributed by atoms with van der Waals surface area (Å²) in [6.07, 6.45) is 4.86. The largest absolute Gasteiger partial charge is 0.494 e. The van der Waals surface area contributed by atoms with Crippen LogP contribution in [0.5, 0.6) is 11.5 Å². The van der Waals surface area contributed by atoms with E-state index in [1.807, 2.05) is 48.5 Å². The van der Waals surface area contributed by atoms with Gasteiger partial charge in [-0.3, -0.25) is 0 Å². The van der Waals surface area contributed by atoms with Gasteiger partial charge in [-0.05, 0) is 72.5 Å². The summed E-state index contributed by atoms with van der Waals surface area (Å²) in [6.45, 7) is 1.20. The Labute approximate surface area is 199 Å². The molecule has 0 spiro atoms. The highest BCUT2D eigenvalue weighted by Gasteiger charge is 1.97. The van der Waals surface area contributed by atoms with Crippen LogP contribution in [0.2, 0.25) is 0 Å². The normalized spacial score (nSPS) is 10.1. The minimum atomic E-state index is -0.0823. The Hall–Kier alpha value is -3.50. The summed E-state index contributed by atoms with van der Waals surface area (Å²) < 4.78 is 11.4. The van der Waals surface area contributed by atoms with E-state index in [1.54, 1.807) is 12.4 Å². The second kappa shape index (κ2) is 16.2. The molecule has 0 fully saturated rings. The molecular formula is C20H28Cl2N8O2. The monoisotopic (exact) mass is 482 g/mol. The lowest BCUT2D eigenvalue weighted by molar-refractivity contribution is 0.266. The van der Waals surface area contributed by atoms with Crippen molar-refractivity contribution in [2.24, 2.45) is 43.3 Å². The number of ether oxygens (including phenoxy) is 2. The van der Waals surface area contributed by atoms with Crippen molar-refractivity contribution in [3.05, 3.63) is 59.7 Å². The maximum atomic E-state index is 5.72. The van der Waals surface area contributed by atoms with Crippen LogP contribution in [0, 0.1) is 0 Å². The van der Waals surface area contributed by atoms with E-state index in [0.717, 1.165) is 35.5 Å². The van der Waals surface area contributed by atoms with Crippen molar-refractivity contribution in [3.63, 3.8) is 0 Å². The molecule has 174 valence electrons. The SMILES string of the molecule is Cl.Cl.NC(N)=N/N=C/c1ccc(OCCCCOc2ccc(/C=N/N=C(N)N)cc2)cc1. The van der Waals surface area contributed by atoms with Crippen LogP contribution in [0.1, 0.15) is 24.0 Å². The van der Waals surface area contributed by atoms with Crippen molar-refractivity contribution in [1.82, 2.24) is 0 Å². The van der Waals surface area contributed by atoms with Gasteiger partial charge >= 0.3 is 0 Å². The molecule has 0 atom stereocenters. The molecule has 0 radical (unpaired) electrons. The zero-order valence-corrected chi connectivity index (χ0v) is 19.0. The van der Waals surface area contributed by atoms with Crippen LogP contribution in [0.25, 0.3) is 0 Å². The maximum Gasteiger partial charge on any atom is 0.211 e. The molecule has 2 aromatic carbocycles. The molecule has 0 unspecified atom stereocenters. The number of nitrogens with two attached hydrogens (primary N) is 4. The van der Waals surface area contributed by atoms with E-state index < -0.39 is 0 Å². The molecular weight excluding hydrogens is 455 g/mol. The summed E-state index contributed by atoms with van der Waals surface area (Å²) in [4.78, 5) is 0. The third kappa shape index (κ3) is 12.3. The van der Waals surface area contributed by atoms with Crippen LogP contribution in [0.4, 0.5) is 0 Å². The van der Waals surface area contributed by atoms with E-state index >= 15 is 0 Å². The lowest BCUT2D eigenvalue weighted by Gasteiger charge is -2.08. The number of guanidine groups is 2. The number of unbranched alkanes of at least 4 members (excludes halogenated alkanes) is 1. The highest BCUT2D eigenvalue weighted by molar-refractivity contribution is 5.85. The van der Waals surface area contributed by atoms with Crippen LogP contribution < -0.4 is 32.4 Å². The van der Waals surface area contributed by atoms with Gasteiger partial charge in [-0.1, -0.05) is 0 Å². The van der Waals surface area contributed by atoms with Crippen molar-refractivity contribution in [2.45, 2.75) is 12.8 Å². The fraction of sp³-hybridized carbons (Fsp3) is 0.200. The molecule has 0 heterocycles. The predicted octanol–water partition coefficient (Wildman–Crippen LogP) is 1.98. The fourth-order valence-electron chi connectivity index (χ4n) is 2.21. The minimum absolute atomic E-state index is 0. The van der Waals surface area contributed by atoms with Crippen molar-refractivity contribution < 1.29 is 9.47 Å². The molecule has 0 aliphatic rings. The minimum Gasteiger partial charge on any atom is -0.494 e. The summed E-state index contributed by atoms with van der Waals surface area (Å²) in [5.41, 5.74) is 22.6. The van der Waals surface area contributed by atoms with Crippen molar-refractivity contribution in [3.8, 4) is 11.5 Å². The molecule has 2 aromatic rings. The molecule has 0 saturated heterocycles. The van der Waals surface area contributed by atoms with Crippen LogP contribution in [0.15, 0.2) is 68.9 Å². The Bertz CT molecular complexity index is 817. The first kappa shape index (κ1) is 28.5. The number of rotatable bonds is 11. The second-order valence-electron chi connectivity index (χ2n) is 6.08. The summed E-state index contributed by atoms with van der Waals surface area (Å²) >= 11 is 0. The van der Waals surface area contributed by atoms with Crippen LogP contribution >= 0.6 is 24.8 Å². The second-order valence-corrected chi connectivity index (χ2v) is 6.08. The number of hydrogen-bond acceptors (Lipinski definition) is 6. The zero-order valence-electron chi connectivity index (χ0n) is 17.3. The Morgan fingerprint density at radius 3 is 1.28 bits per heavy atom. The topological polar surface area (TPSA) is 172 Å². The van der Waals surface area contributed by atoms with Gasteiger partial charge in [-0.2, -0.15) is 10.2 Å². The molecule has 32 heavy (non-hydrogen) atoms. The van der Waals surface area contributed by atoms with E-state index in [2.05, 4.69) is 20.4 Å². The van der Waals surface area contributed by atoms with Crippen molar-refractivity contribution in [1.29, 1.82) is 0 Å². The van der Waals surface area contributed by atoms with Gasteiger partial charge in [0.2, 0.25) is 11.9 Å². The average molecular weight is 483 g/mol. The summed E-state index contributed by atoms with van der Waals surface area (Å²) in [6, 6.07) is 14.9. The Morgan fingerprint density at radius 1 is 0.625 bits per heavy atom. The summed E-state index contributed by atoms with van der Waals surface area (Å²) in [5.74, 6) is 1.41. The van der Waals surface area contributed by atoms with E-state index in [-0.39, 0.29) is 36.7 Å². The molecule has 12 heteroatoms. The molecule has 8 N–H and O–H groups in total. The van der Waals surface area contributed by atoms with E-state index in [0.29, 0.717) is 13.2 Å². The number of hydrogen-bond donors (Lipinski definition) is 4. The highest BCUT2D eigenvalue weighted by Crippen LogP contribution is 2.13. The van der Waals surface area contributed by atoms with Gasteiger partial charge in [0.25, 0.3) is 0 Å². The number of benzene rings is 2. The molecule has 0 bridgehead atoms. The molecule has 0 aliphatic heterocycles. The van der Waals surface area contributed by atoms with Gasteiger partial charge in [-0.15, -0.1) is 35.0 Å². The van der Waals surface area contributed by atoms with Gasteiger partial charge in [0.1, 0.15) is 11.5 Å². The first-order valence-electron chi connectivity index (χ1n) is 9.22. The summed E-state index contributed by atoms with van der Waals surface area (Å²) in [5, 5.41) is 14.6. The summed E-state index contributed by atoms with van der Waals surface area (Å²) in [7, 11) is 0. The standard InChI is InChI=1S/C20H26N8O2.2ClH/c21-19(22)27-25-13-15-3-7-17(8-4-15)29-11-1-2-12-30-18-9-5-16(6-10-18)14-26-28-20(23)24;;/h3-10,13-14H,1-2,11-12H2,(H4,21,22,27)(H4,23,24,28);2*1H/b25-13+,26-14+;;. The van der Waals surface area contributed by atoms with Gasteiger partial charge in [0.05, 0.1) is 25.6 Å². The Morgan fingerprint density at radius 2 is 0.969 bits per heavy atom. The molecule has 10 nitrogen and oxygen atoms in total. The third-order valence-corrected chi connectivity index (χ3v) is 3.60. The number of nitrogens with zero attached hydrogens (tertiary/aromatic N) is 4. The molecule has 0 aromatic heterocycles. The highest BCUT2D eigenvalue weighted by atomic mass is 35.5. The average Bonchev–Trinajstić information content (AvgIpc) is 2.72. The van der Waals surface area contributed by atoms with E-state index in [9.17, 15) is 0 Å². The molecule has 2 rings (SSSR count). The first-order valence-corrected chi connectivity index (χ1v) is 9.22. The molecule has 0 aliphatic carbocycles. The van der Waals surface area contributed by atoms with Crippen LogP contribution in [-0.4, -0.2) is 37.6 Å². The van der Waals surface area contributed by atoms with Gasteiger partial charge in [0.15, 0.2) is 0 Å². The van der Waals surface area contributed by atoms with Gasteiger partial charge in [-0.25, -0.2) is 0 Å². The third-order valence-electron chi connectivity index (χ3n) is 3.60. The van der Waals surface area contributed by atoms with E-state index in [4.69, 9.17) is 32.4 Å². The predicted molar refractivity (Wildman–Crippen MR) is 134 cm³/mol. The van der Waals surface area contributed by atoms with Crippen LogP contribution in [-0.2, 0) is 0 Å². The van der Waals surface area contributed by atoms with Crippen molar-refractivity contribution in [2.75, 3.05) is 13.2 Å².